The highest BCUT2D eigenvalue weighted by Gasteiger charge is 2.29. The number of rotatable bonds is 7. The number of carbonyl (C=O) groups excluding carboxylic acids is 1. The number of nitrogens with zero attached hydrogens (tertiary/aromatic N) is 2. The van der Waals surface area contributed by atoms with Gasteiger partial charge in [0.1, 0.15) is 5.60 Å². The highest BCUT2D eigenvalue weighted by Crippen LogP contribution is 2.24. The molecule has 32 heavy (non-hydrogen) atoms. The first-order valence-electron chi connectivity index (χ1n) is 11.2. The SMILES string of the molecule is CN=C(NCC1CC(C)N(Cc2ccccc2)C1)NCC(C)(C)NC(=O)OC(C)(C)C.I. The molecule has 3 N–H and O–H groups in total. The van der Waals surface area contributed by atoms with Gasteiger partial charge in [0.15, 0.2) is 5.96 Å². The Labute approximate surface area is 211 Å². The van der Waals surface area contributed by atoms with Crippen molar-refractivity contribution in [1.29, 1.82) is 0 Å². The number of nitrogens with one attached hydrogen (secondary N) is 3. The Bertz CT molecular complexity index is 734. The molecular formula is C24H42IN5O2. The Morgan fingerprint density at radius 3 is 2.41 bits per heavy atom. The molecule has 182 valence electrons. The van der Waals surface area contributed by atoms with Crippen LogP contribution in [0.25, 0.3) is 0 Å². The Morgan fingerprint density at radius 1 is 1.16 bits per heavy atom. The molecule has 1 aliphatic rings. The summed E-state index contributed by atoms with van der Waals surface area (Å²) >= 11 is 0. The number of hydrogen-bond donors (Lipinski definition) is 3. The van der Waals surface area contributed by atoms with E-state index in [9.17, 15) is 4.79 Å². The van der Waals surface area contributed by atoms with E-state index in [0.717, 1.165) is 25.6 Å². The average Bonchev–Trinajstić information content (AvgIpc) is 3.00. The van der Waals surface area contributed by atoms with Gasteiger partial charge in [-0.15, -0.1) is 24.0 Å². The van der Waals surface area contributed by atoms with Crippen molar-refractivity contribution < 1.29 is 9.53 Å². The lowest BCUT2D eigenvalue weighted by molar-refractivity contribution is 0.0474. The van der Waals surface area contributed by atoms with Crippen LogP contribution >= 0.6 is 24.0 Å². The summed E-state index contributed by atoms with van der Waals surface area (Å²) in [4.78, 5) is 18.9. The summed E-state index contributed by atoms with van der Waals surface area (Å²) in [5, 5.41) is 9.68. The summed E-state index contributed by atoms with van der Waals surface area (Å²) in [6.45, 7) is 15.3. The standard InChI is InChI=1S/C24H41N5O2.HI/c1-18-13-20(16-29(18)15-19-11-9-8-10-12-19)14-26-21(25-7)27-17-24(5,6)28-22(30)31-23(2,3)4;/h8-12,18,20H,13-17H2,1-7H3,(H,28,30)(H2,25,26,27);1H. The van der Waals surface area contributed by atoms with Gasteiger partial charge >= 0.3 is 6.09 Å². The molecule has 0 saturated carbocycles. The Balaban J connectivity index is 0.00000512. The molecule has 2 atom stereocenters. The second kappa shape index (κ2) is 12.6. The van der Waals surface area contributed by atoms with Crippen molar-refractivity contribution in [3.8, 4) is 0 Å². The average molecular weight is 560 g/mol. The largest absolute Gasteiger partial charge is 0.444 e. The molecule has 1 aromatic carbocycles. The van der Waals surface area contributed by atoms with Crippen LogP contribution in [0.4, 0.5) is 4.79 Å². The molecule has 1 aliphatic heterocycles. The lowest BCUT2D eigenvalue weighted by atomic mass is 10.1. The van der Waals surface area contributed by atoms with Crippen LogP contribution in [0.2, 0.25) is 0 Å². The van der Waals surface area contributed by atoms with E-state index in [-0.39, 0.29) is 24.0 Å². The van der Waals surface area contributed by atoms with Crippen molar-refractivity contribution in [3.05, 3.63) is 35.9 Å². The fourth-order valence-corrected chi connectivity index (χ4v) is 3.79. The molecule has 2 unspecified atom stereocenters. The molecule has 0 bridgehead atoms. The lowest BCUT2D eigenvalue weighted by Crippen LogP contribution is -2.54. The highest BCUT2D eigenvalue weighted by molar-refractivity contribution is 14.0. The molecule has 1 saturated heterocycles. The van der Waals surface area contributed by atoms with Gasteiger partial charge in [-0.05, 0) is 59.4 Å². The third-order valence-corrected chi connectivity index (χ3v) is 5.34. The molecule has 0 aromatic heterocycles. The summed E-state index contributed by atoms with van der Waals surface area (Å²) in [7, 11) is 1.77. The van der Waals surface area contributed by atoms with E-state index >= 15 is 0 Å². The van der Waals surface area contributed by atoms with Gasteiger partial charge < -0.3 is 20.7 Å². The van der Waals surface area contributed by atoms with Gasteiger partial charge in [0.25, 0.3) is 0 Å². The number of hydrogen-bond acceptors (Lipinski definition) is 4. The fourth-order valence-electron chi connectivity index (χ4n) is 3.79. The minimum atomic E-state index is -0.516. The maximum atomic E-state index is 12.1. The minimum absolute atomic E-state index is 0. The van der Waals surface area contributed by atoms with Crippen LogP contribution in [0.5, 0.6) is 0 Å². The molecule has 0 spiro atoms. The number of ether oxygens (including phenoxy) is 1. The summed E-state index contributed by atoms with van der Waals surface area (Å²) in [6.07, 6.45) is 0.753. The normalized spacial score (nSPS) is 19.8. The molecule has 8 heteroatoms. The summed E-state index contributed by atoms with van der Waals surface area (Å²) in [6, 6.07) is 11.2. The quantitative estimate of drug-likeness (QED) is 0.268. The van der Waals surface area contributed by atoms with E-state index in [0.29, 0.717) is 18.5 Å². The van der Waals surface area contributed by atoms with Gasteiger partial charge in [0.05, 0.1) is 5.54 Å². The zero-order chi connectivity index (χ0) is 23.1. The Hall–Kier alpha value is -1.55. The van der Waals surface area contributed by atoms with Crippen molar-refractivity contribution in [2.24, 2.45) is 10.9 Å². The molecule has 1 aromatic rings. The van der Waals surface area contributed by atoms with Crippen LogP contribution < -0.4 is 16.0 Å². The predicted molar refractivity (Wildman–Crippen MR) is 143 cm³/mol. The van der Waals surface area contributed by atoms with Crippen LogP contribution in [-0.2, 0) is 11.3 Å². The van der Waals surface area contributed by atoms with Crippen molar-refractivity contribution >= 4 is 36.0 Å². The third kappa shape index (κ3) is 10.4. The number of carbonyl (C=O) groups is 1. The summed E-state index contributed by atoms with van der Waals surface area (Å²) < 4.78 is 5.36. The molecule has 0 aliphatic carbocycles. The monoisotopic (exact) mass is 559 g/mol. The van der Waals surface area contributed by atoms with E-state index in [1.807, 2.05) is 34.6 Å². The smallest absolute Gasteiger partial charge is 0.408 e. The van der Waals surface area contributed by atoms with Crippen molar-refractivity contribution in [2.45, 2.75) is 71.7 Å². The third-order valence-electron chi connectivity index (χ3n) is 5.34. The molecule has 1 fully saturated rings. The molecular weight excluding hydrogens is 517 g/mol. The van der Waals surface area contributed by atoms with E-state index in [1.165, 1.54) is 12.0 Å². The number of guanidine groups is 1. The number of benzene rings is 1. The number of aliphatic imine (C=N–C) groups is 1. The van der Waals surface area contributed by atoms with E-state index < -0.39 is 17.2 Å². The van der Waals surface area contributed by atoms with Crippen molar-refractivity contribution in [2.75, 3.05) is 26.7 Å². The first kappa shape index (κ1) is 28.5. The topological polar surface area (TPSA) is 78.0 Å². The van der Waals surface area contributed by atoms with Gasteiger partial charge in [-0.3, -0.25) is 9.89 Å². The second-order valence-corrected chi connectivity index (χ2v) is 10.2. The van der Waals surface area contributed by atoms with E-state index in [1.54, 1.807) is 7.05 Å². The molecule has 0 radical (unpaired) electrons. The molecule has 1 heterocycles. The number of halogens is 1. The van der Waals surface area contributed by atoms with Gasteiger partial charge in [-0.1, -0.05) is 30.3 Å². The lowest BCUT2D eigenvalue weighted by Gasteiger charge is -2.29. The summed E-state index contributed by atoms with van der Waals surface area (Å²) in [5.41, 5.74) is 0.368. The van der Waals surface area contributed by atoms with Crippen molar-refractivity contribution in [3.63, 3.8) is 0 Å². The fraction of sp³-hybridized carbons (Fsp3) is 0.667. The zero-order valence-electron chi connectivity index (χ0n) is 20.7. The van der Waals surface area contributed by atoms with Crippen LogP contribution in [0.15, 0.2) is 35.3 Å². The second-order valence-electron chi connectivity index (χ2n) is 10.2. The molecule has 1 amide bonds. The minimum Gasteiger partial charge on any atom is -0.444 e. The highest BCUT2D eigenvalue weighted by atomic mass is 127. The first-order valence-corrected chi connectivity index (χ1v) is 11.2. The van der Waals surface area contributed by atoms with Gasteiger partial charge in [-0.25, -0.2) is 4.79 Å². The van der Waals surface area contributed by atoms with Crippen LogP contribution in [0.3, 0.4) is 0 Å². The predicted octanol–water partition coefficient (Wildman–Crippen LogP) is 3.98. The molecule has 2 rings (SSSR count). The number of alkyl carbamates (subject to hydrolysis) is 1. The van der Waals surface area contributed by atoms with Crippen LogP contribution in [-0.4, -0.2) is 60.8 Å². The van der Waals surface area contributed by atoms with Gasteiger partial charge in [0.2, 0.25) is 0 Å². The van der Waals surface area contributed by atoms with Gasteiger partial charge in [0, 0.05) is 39.3 Å². The zero-order valence-corrected chi connectivity index (χ0v) is 23.0. The van der Waals surface area contributed by atoms with Gasteiger partial charge in [-0.2, -0.15) is 0 Å². The Morgan fingerprint density at radius 2 is 1.81 bits per heavy atom. The maximum absolute atomic E-state index is 12.1. The van der Waals surface area contributed by atoms with Crippen LogP contribution in [0, 0.1) is 5.92 Å². The van der Waals surface area contributed by atoms with Crippen molar-refractivity contribution in [1.82, 2.24) is 20.9 Å². The molecule has 7 nitrogen and oxygen atoms in total. The van der Waals surface area contributed by atoms with E-state index in [4.69, 9.17) is 4.74 Å². The number of amides is 1. The number of likely N-dealkylation sites (tertiary alicyclic amines) is 1. The van der Waals surface area contributed by atoms with Crippen LogP contribution in [0.1, 0.15) is 53.5 Å². The first-order chi connectivity index (χ1) is 14.5. The summed E-state index contributed by atoms with van der Waals surface area (Å²) in [5.74, 6) is 1.32. The van der Waals surface area contributed by atoms with E-state index in [2.05, 4.69) is 63.1 Å². The Kier molecular flexibility index (Phi) is 11.2. The maximum Gasteiger partial charge on any atom is 0.408 e.